The van der Waals surface area contributed by atoms with Crippen LogP contribution in [-0.4, -0.2) is 26.2 Å². The number of nitrogens with one attached hydrogen (secondary N) is 1. The summed E-state index contributed by atoms with van der Waals surface area (Å²) in [6.07, 6.45) is 4.77. The lowest BCUT2D eigenvalue weighted by Crippen LogP contribution is -2.41. The Morgan fingerprint density at radius 1 is 1.15 bits per heavy atom. The Morgan fingerprint density at radius 3 is 2.45 bits per heavy atom. The molecule has 0 heterocycles. The summed E-state index contributed by atoms with van der Waals surface area (Å²) >= 11 is 5.77. The molecule has 0 aromatic heterocycles. The lowest BCUT2D eigenvalue weighted by molar-refractivity contribution is 0.191. The minimum atomic E-state index is -3.56. The van der Waals surface area contributed by atoms with Crippen LogP contribution in [0.3, 0.4) is 0 Å². The summed E-state index contributed by atoms with van der Waals surface area (Å²) in [5, 5.41) is 9.94. The summed E-state index contributed by atoms with van der Waals surface area (Å²) in [6, 6.07) is 5.92. The molecule has 0 unspecified atom stereocenters. The molecule has 0 amide bonds. The van der Waals surface area contributed by atoms with Crippen molar-refractivity contribution in [3.8, 4) is 0 Å². The summed E-state index contributed by atoms with van der Waals surface area (Å²) in [7, 11) is -3.56. The van der Waals surface area contributed by atoms with E-state index in [-0.39, 0.29) is 23.5 Å². The maximum atomic E-state index is 12.3. The number of hydrogen-bond acceptors (Lipinski definition) is 3. The number of hydrogen-bond donors (Lipinski definition) is 2. The first kappa shape index (κ1) is 15.8. The maximum Gasteiger partial charge on any atom is 0.240 e. The average molecular weight is 318 g/mol. The predicted octanol–water partition coefficient (Wildman–Crippen LogP) is 2.56. The van der Waals surface area contributed by atoms with Crippen molar-refractivity contribution in [2.75, 3.05) is 6.61 Å². The van der Waals surface area contributed by atoms with Crippen molar-refractivity contribution in [2.24, 2.45) is 5.92 Å². The van der Waals surface area contributed by atoms with Gasteiger partial charge < -0.3 is 5.11 Å². The van der Waals surface area contributed by atoms with Crippen LogP contribution in [0.15, 0.2) is 29.2 Å². The Hall–Kier alpha value is -0.620. The molecule has 1 saturated carbocycles. The van der Waals surface area contributed by atoms with Crippen LogP contribution in [0.1, 0.15) is 32.1 Å². The molecule has 2 rings (SSSR count). The average Bonchev–Trinajstić information content (AvgIpc) is 2.63. The number of rotatable bonds is 4. The zero-order chi connectivity index (χ0) is 14.6. The molecule has 0 radical (unpaired) electrons. The van der Waals surface area contributed by atoms with Gasteiger partial charge in [-0.1, -0.05) is 30.9 Å². The first-order chi connectivity index (χ1) is 9.53. The van der Waals surface area contributed by atoms with E-state index in [2.05, 4.69) is 4.72 Å². The predicted molar refractivity (Wildman–Crippen MR) is 79.2 cm³/mol. The Labute approximate surface area is 125 Å². The molecule has 2 atom stereocenters. The lowest BCUT2D eigenvalue weighted by atomic mass is 9.97. The Morgan fingerprint density at radius 2 is 1.80 bits per heavy atom. The molecule has 1 aliphatic rings. The molecule has 0 bridgehead atoms. The van der Waals surface area contributed by atoms with Crippen LogP contribution in [0.25, 0.3) is 0 Å². The molecule has 112 valence electrons. The smallest absolute Gasteiger partial charge is 0.240 e. The van der Waals surface area contributed by atoms with Crippen molar-refractivity contribution >= 4 is 21.6 Å². The van der Waals surface area contributed by atoms with Crippen molar-refractivity contribution < 1.29 is 13.5 Å². The van der Waals surface area contributed by atoms with Gasteiger partial charge in [0.25, 0.3) is 0 Å². The van der Waals surface area contributed by atoms with Gasteiger partial charge in [-0.3, -0.25) is 0 Å². The highest BCUT2D eigenvalue weighted by molar-refractivity contribution is 7.89. The third kappa shape index (κ3) is 3.95. The van der Waals surface area contributed by atoms with E-state index < -0.39 is 10.0 Å². The van der Waals surface area contributed by atoms with E-state index in [1.165, 1.54) is 12.1 Å². The fourth-order valence-corrected chi connectivity index (χ4v) is 4.10. The van der Waals surface area contributed by atoms with Crippen LogP contribution in [0.5, 0.6) is 0 Å². The van der Waals surface area contributed by atoms with Gasteiger partial charge in [0.2, 0.25) is 10.0 Å². The van der Waals surface area contributed by atoms with Crippen molar-refractivity contribution in [1.29, 1.82) is 0 Å². The van der Waals surface area contributed by atoms with E-state index >= 15 is 0 Å². The van der Waals surface area contributed by atoms with Gasteiger partial charge >= 0.3 is 0 Å². The van der Waals surface area contributed by atoms with E-state index in [1.54, 1.807) is 12.1 Å². The topological polar surface area (TPSA) is 66.4 Å². The molecular weight excluding hydrogens is 298 g/mol. The molecule has 1 aromatic rings. The number of aliphatic hydroxyl groups is 1. The van der Waals surface area contributed by atoms with E-state index in [9.17, 15) is 13.5 Å². The van der Waals surface area contributed by atoms with Gasteiger partial charge in [-0.05, 0) is 43.0 Å². The number of benzene rings is 1. The molecule has 0 aliphatic heterocycles. The highest BCUT2D eigenvalue weighted by Crippen LogP contribution is 2.25. The fourth-order valence-electron chi connectivity index (χ4n) is 2.64. The van der Waals surface area contributed by atoms with Crippen LogP contribution >= 0.6 is 11.6 Å². The van der Waals surface area contributed by atoms with Gasteiger partial charge in [0.05, 0.1) is 4.90 Å². The standard InChI is InChI=1S/C14H20ClNO3S/c15-12-6-8-13(9-7-12)20(18,19)16-14-5-3-1-2-4-11(14)10-17/h6-9,11,14,16-17H,1-5,10H2/t11-,14+/m1/s1. The molecule has 2 N–H and O–H groups in total. The van der Waals surface area contributed by atoms with Crippen molar-refractivity contribution in [1.82, 2.24) is 4.72 Å². The van der Waals surface area contributed by atoms with Crippen LogP contribution < -0.4 is 4.72 Å². The largest absolute Gasteiger partial charge is 0.396 e. The molecular formula is C14H20ClNO3S. The van der Waals surface area contributed by atoms with E-state index in [0.717, 1.165) is 32.1 Å². The second-order valence-electron chi connectivity index (χ2n) is 5.26. The Kier molecular flexibility index (Phi) is 5.43. The summed E-state index contributed by atoms with van der Waals surface area (Å²) in [4.78, 5) is 0.211. The number of aliphatic hydroxyl groups excluding tert-OH is 1. The second-order valence-corrected chi connectivity index (χ2v) is 7.41. The molecule has 1 aromatic carbocycles. The van der Waals surface area contributed by atoms with Crippen LogP contribution in [-0.2, 0) is 10.0 Å². The summed E-state index contributed by atoms with van der Waals surface area (Å²) in [5.74, 6) is -0.000393. The first-order valence-electron chi connectivity index (χ1n) is 6.91. The number of sulfonamides is 1. The van der Waals surface area contributed by atoms with E-state index in [1.807, 2.05) is 0 Å². The fraction of sp³-hybridized carbons (Fsp3) is 0.571. The quantitative estimate of drug-likeness (QED) is 0.839. The van der Waals surface area contributed by atoms with Crippen LogP contribution in [0, 0.1) is 5.92 Å². The molecule has 6 heteroatoms. The molecule has 0 spiro atoms. The van der Waals surface area contributed by atoms with E-state index in [4.69, 9.17) is 11.6 Å². The Bertz CT molecular complexity index is 530. The number of halogens is 1. The van der Waals surface area contributed by atoms with Crippen molar-refractivity contribution in [3.63, 3.8) is 0 Å². The molecule has 1 fully saturated rings. The lowest BCUT2D eigenvalue weighted by Gasteiger charge is -2.24. The van der Waals surface area contributed by atoms with Gasteiger partial charge in [-0.15, -0.1) is 0 Å². The van der Waals surface area contributed by atoms with Gasteiger partial charge in [0.1, 0.15) is 0 Å². The Balaban J connectivity index is 2.15. The maximum absolute atomic E-state index is 12.3. The second kappa shape index (κ2) is 6.89. The highest BCUT2D eigenvalue weighted by Gasteiger charge is 2.27. The van der Waals surface area contributed by atoms with E-state index in [0.29, 0.717) is 5.02 Å². The SMILES string of the molecule is O=S(=O)(N[C@H]1CCCCC[C@@H]1CO)c1ccc(Cl)cc1. The first-order valence-corrected chi connectivity index (χ1v) is 8.78. The van der Waals surface area contributed by atoms with Crippen molar-refractivity contribution in [2.45, 2.75) is 43.0 Å². The van der Waals surface area contributed by atoms with Crippen molar-refractivity contribution in [3.05, 3.63) is 29.3 Å². The monoisotopic (exact) mass is 317 g/mol. The molecule has 4 nitrogen and oxygen atoms in total. The minimum Gasteiger partial charge on any atom is -0.396 e. The normalized spacial score (nSPS) is 24.3. The highest BCUT2D eigenvalue weighted by atomic mass is 35.5. The van der Waals surface area contributed by atoms with Gasteiger partial charge in [-0.25, -0.2) is 13.1 Å². The zero-order valence-electron chi connectivity index (χ0n) is 11.3. The third-order valence-corrected chi connectivity index (χ3v) is 5.58. The van der Waals surface area contributed by atoms with Crippen LogP contribution in [0.4, 0.5) is 0 Å². The molecule has 1 aliphatic carbocycles. The summed E-state index contributed by atoms with van der Waals surface area (Å²) in [6.45, 7) is 0.0216. The van der Waals surface area contributed by atoms with Gasteiger partial charge in [0.15, 0.2) is 0 Å². The molecule has 20 heavy (non-hydrogen) atoms. The summed E-state index contributed by atoms with van der Waals surface area (Å²) in [5.41, 5.74) is 0. The van der Waals surface area contributed by atoms with Gasteiger partial charge in [0, 0.05) is 17.7 Å². The molecule has 0 saturated heterocycles. The van der Waals surface area contributed by atoms with Crippen LogP contribution in [0.2, 0.25) is 5.02 Å². The third-order valence-electron chi connectivity index (χ3n) is 3.82. The zero-order valence-corrected chi connectivity index (χ0v) is 12.8. The van der Waals surface area contributed by atoms with Gasteiger partial charge in [-0.2, -0.15) is 0 Å². The minimum absolute atomic E-state index is 0.000393. The summed E-state index contributed by atoms with van der Waals surface area (Å²) < 4.78 is 27.4.